The number of hydrogen-bond acceptors (Lipinski definition) is 1. The highest BCUT2D eigenvalue weighted by atomic mass is 19.1. The van der Waals surface area contributed by atoms with Gasteiger partial charge in [0.2, 0.25) is 0 Å². The Hall–Kier alpha value is -0.890. The maximum absolute atomic E-state index is 13.5. The molecule has 20 heavy (non-hydrogen) atoms. The molecule has 0 radical (unpaired) electrons. The topological polar surface area (TPSA) is 12.0 Å². The number of nitrogens with one attached hydrogen (secondary N) is 1. The monoisotopic (exact) mass is 277 g/mol. The first-order valence-corrected chi connectivity index (χ1v) is 8.13. The molecule has 2 heteroatoms. The van der Waals surface area contributed by atoms with Gasteiger partial charge in [0.05, 0.1) is 0 Å². The van der Waals surface area contributed by atoms with Gasteiger partial charge < -0.3 is 5.32 Å². The molecule has 0 bridgehead atoms. The van der Waals surface area contributed by atoms with Crippen LogP contribution in [0.1, 0.15) is 51.5 Å². The van der Waals surface area contributed by atoms with Gasteiger partial charge in [0.25, 0.3) is 0 Å². The van der Waals surface area contributed by atoms with E-state index in [4.69, 9.17) is 0 Å². The van der Waals surface area contributed by atoms with Gasteiger partial charge in [0, 0.05) is 6.04 Å². The zero-order chi connectivity index (χ0) is 14.4. The molecule has 0 saturated heterocycles. The molecule has 2 rings (SSSR count). The second-order valence-electron chi connectivity index (χ2n) is 6.50. The van der Waals surface area contributed by atoms with Crippen molar-refractivity contribution in [2.24, 2.45) is 11.8 Å². The molecule has 1 N–H and O–H groups in total. The molecule has 0 aliphatic heterocycles. The van der Waals surface area contributed by atoms with Crippen LogP contribution in [0.15, 0.2) is 24.3 Å². The van der Waals surface area contributed by atoms with E-state index in [1.54, 1.807) is 12.1 Å². The van der Waals surface area contributed by atoms with Crippen LogP contribution in [0.2, 0.25) is 0 Å². The number of halogens is 1. The third-order valence-electron chi connectivity index (χ3n) is 4.74. The fourth-order valence-corrected chi connectivity index (χ4v) is 3.31. The second-order valence-corrected chi connectivity index (χ2v) is 6.50. The van der Waals surface area contributed by atoms with Crippen molar-refractivity contribution in [3.8, 4) is 0 Å². The van der Waals surface area contributed by atoms with Crippen molar-refractivity contribution < 1.29 is 4.39 Å². The summed E-state index contributed by atoms with van der Waals surface area (Å²) in [7, 11) is 0. The molecule has 1 fully saturated rings. The van der Waals surface area contributed by atoms with Gasteiger partial charge in [0.15, 0.2) is 0 Å². The Morgan fingerprint density at radius 3 is 2.70 bits per heavy atom. The minimum absolute atomic E-state index is 0.0740. The van der Waals surface area contributed by atoms with Crippen LogP contribution in [0.3, 0.4) is 0 Å². The summed E-state index contributed by atoms with van der Waals surface area (Å²) in [5.41, 5.74) is 0.827. The zero-order valence-electron chi connectivity index (χ0n) is 12.9. The molecular weight excluding hydrogens is 249 g/mol. The van der Waals surface area contributed by atoms with Gasteiger partial charge in [-0.05, 0) is 55.7 Å². The predicted molar refractivity (Wildman–Crippen MR) is 83.3 cm³/mol. The minimum Gasteiger partial charge on any atom is -0.314 e. The average Bonchev–Trinajstić information content (AvgIpc) is 2.67. The van der Waals surface area contributed by atoms with Crippen molar-refractivity contribution in [2.45, 2.75) is 58.4 Å². The Labute approximate surface area is 123 Å². The Bertz CT molecular complexity index is 402. The summed E-state index contributed by atoms with van der Waals surface area (Å²) in [5.74, 6) is 1.63. The van der Waals surface area contributed by atoms with Crippen LogP contribution in [0.5, 0.6) is 0 Å². The Morgan fingerprint density at radius 2 is 1.95 bits per heavy atom. The van der Waals surface area contributed by atoms with Gasteiger partial charge in [-0.15, -0.1) is 0 Å². The molecule has 2 atom stereocenters. The van der Waals surface area contributed by atoms with Crippen LogP contribution in [0, 0.1) is 17.7 Å². The van der Waals surface area contributed by atoms with Crippen molar-refractivity contribution in [1.29, 1.82) is 0 Å². The molecule has 112 valence electrons. The fraction of sp³-hybridized carbons (Fsp3) is 0.667. The molecule has 1 aromatic carbocycles. The fourth-order valence-electron chi connectivity index (χ4n) is 3.31. The van der Waals surface area contributed by atoms with Crippen LogP contribution in [0.4, 0.5) is 4.39 Å². The van der Waals surface area contributed by atoms with Crippen molar-refractivity contribution in [3.63, 3.8) is 0 Å². The molecule has 0 heterocycles. The molecule has 0 amide bonds. The normalized spacial score (nSPS) is 23.8. The lowest BCUT2D eigenvalue weighted by molar-refractivity contribution is 0.338. The summed E-state index contributed by atoms with van der Waals surface area (Å²) in [4.78, 5) is 0. The number of rotatable bonds is 5. The highest BCUT2D eigenvalue weighted by molar-refractivity contribution is 5.17. The highest BCUT2D eigenvalue weighted by Gasteiger charge is 2.20. The molecule has 1 aromatic rings. The van der Waals surface area contributed by atoms with Crippen LogP contribution in [-0.2, 0) is 6.42 Å². The van der Waals surface area contributed by atoms with E-state index in [2.05, 4.69) is 19.2 Å². The summed E-state index contributed by atoms with van der Waals surface area (Å²) in [5, 5.41) is 3.63. The SMILES string of the molecule is CC(C)C1CCCC(NCCc2ccccc2F)CC1. The van der Waals surface area contributed by atoms with E-state index in [1.165, 1.54) is 32.1 Å². The first kappa shape index (κ1) is 15.5. The third kappa shape index (κ3) is 4.59. The van der Waals surface area contributed by atoms with Gasteiger partial charge in [-0.25, -0.2) is 4.39 Å². The van der Waals surface area contributed by atoms with E-state index in [9.17, 15) is 4.39 Å². The Morgan fingerprint density at radius 1 is 1.15 bits per heavy atom. The maximum atomic E-state index is 13.5. The standard InChI is InChI=1S/C18H28FN/c1-14(2)15-7-5-8-17(11-10-15)20-13-12-16-6-3-4-9-18(16)19/h3-4,6,9,14-15,17,20H,5,7-8,10-13H2,1-2H3. The maximum Gasteiger partial charge on any atom is 0.126 e. The molecule has 0 spiro atoms. The van der Waals surface area contributed by atoms with Gasteiger partial charge in [0.1, 0.15) is 5.82 Å². The smallest absolute Gasteiger partial charge is 0.126 e. The molecule has 0 aromatic heterocycles. The van der Waals surface area contributed by atoms with E-state index >= 15 is 0 Å². The Balaban J connectivity index is 1.73. The lowest BCUT2D eigenvalue weighted by Gasteiger charge is -2.19. The van der Waals surface area contributed by atoms with Crippen molar-refractivity contribution in [2.75, 3.05) is 6.54 Å². The average molecular weight is 277 g/mol. The van der Waals surface area contributed by atoms with E-state index in [-0.39, 0.29) is 5.82 Å². The van der Waals surface area contributed by atoms with Crippen LogP contribution in [-0.4, -0.2) is 12.6 Å². The first-order valence-electron chi connectivity index (χ1n) is 8.13. The third-order valence-corrected chi connectivity index (χ3v) is 4.74. The van der Waals surface area contributed by atoms with Crippen LogP contribution >= 0.6 is 0 Å². The zero-order valence-corrected chi connectivity index (χ0v) is 12.9. The number of benzene rings is 1. The van der Waals surface area contributed by atoms with Gasteiger partial charge in [-0.1, -0.05) is 44.9 Å². The molecular formula is C18H28FN. The van der Waals surface area contributed by atoms with Gasteiger partial charge in [-0.3, -0.25) is 0 Å². The lowest BCUT2D eigenvalue weighted by atomic mass is 9.89. The minimum atomic E-state index is -0.0740. The number of hydrogen-bond donors (Lipinski definition) is 1. The Kier molecular flexibility index (Phi) is 6.03. The van der Waals surface area contributed by atoms with Crippen LogP contribution in [0.25, 0.3) is 0 Å². The van der Waals surface area contributed by atoms with E-state index in [0.717, 1.165) is 30.4 Å². The molecule has 1 saturated carbocycles. The summed E-state index contributed by atoms with van der Waals surface area (Å²) in [6.07, 6.45) is 7.40. The van der Waals surface area contributed by atoms with Crippen molar-refractivity contribution in [1.82, 2.24) is 5.32 Å². The highest BCUT2D eigenvalue weighted by Crippen LogP contribution is 2.28. The predicted octanol–water partition coefficient (Wildman–Crippen LogP) is 4.56. The summed E-state index contributed by atoms with van der Waals surface area (Å²) in [6, 6.07) is 7.74. The van der Waals surface area contributed by atoms with E-state index in [1.807, 2.05) is 12.1 Å². The second kappa shape index (κ2) is 7.78. The van der Waals surface area contributed by atoms with Crippen LogP contribution < -0.4 is 5.32 Å². The molecule has 1 nitrogen and oxygen atoms in total. The van der Waals surface area contributed by atoms with E-state index in [0.29, 0.717) is 6.04 Å². The largest absolute Gasteiger partial charge is 0.314 e. The molecule has 1 aliphatic carbocycles. The molecule has 1 aliphatic rings. The van der Waals surface area contributed by atoms with Crippen molar-refractivity contribution >= 4 is 0 Å². The quantitative estimate of drug-likeness (QED) is 0.778. The van der Waals surface area contributed by atoms with Gasteiger partial charge in [-0.2, -0.15) is 0 Å². The molecule has 2 unspecified atom stereocenters. The summed E-state index contributed by atoms with van der Waals surface area (Å²) < 4.78 is 13.5. The van der Waals surface area contributed by atoms with E-state index < -0.39 is 0 Å². The van der Waals surface area contributed by atoms with Crippen molar-refractivity contribution in [3.05, 3.63) is 35.6 Å². The summed E-state index contributed by atoms with van der Waals surface area (Å²) >= 11 is 0. The lowest BCUT2D eigenvalue weighted by Crippen LogP contribution is -2.30. The first-order chi connectivity index (χ1) is 9.66. The van der Waals surface area contributed by atoms with Gasteiger partial charge >= 0.3 is 0 Å². The summed E-state index contributed by atoms with van der Waals surface area (Å²) in [6.45, 7) is 5.57.